The van der Waals surface area contributed by atoms with Gasteiger partial charge in [0.15, 0.2) is 6.61 Å². The first-order valence-corrected chi connectivity index (χ1v) is 9.84. The Kier molecular flexibility index (Phi) is 6.93. The topological polar surface area (TPSA) is 102 Å². The first-order chi connectivity index (χ1) is 13.6. The van der Waals surface area contributed by atoms with Gasteiger partial charge in [0, 0.05) is 25.3 Å². The molecule has 0 saturated heterocycles. The zero-order valence-corrected chi connectivity index (χ0v) is 17.2. The lowest BCUT2D eigenvalue weighted by Crippen LogP contribution is -2.24. The number of carbonyl (C=O) groups is 2. The van der Waals surface area contributed by atoms with Crippen molar-refractivity contribution in [2.75, 3.05) is 33.1 Å². The Morgan fingerprint density at radius 2 is 1.83 bits per heavy atom. The van der Waals surface area contributed by atoms with E-state index in [0.717, 1.165) is 16.4 Å². The lowest BCUT2D eigenvalue weighted by atomic mass is 10.1. The lowest BCUT2D eigenvalue weighted by Gasteiger charge is -2.14. The highest BCUT2D eigenvalue weighted by Gasteiger charge is 2.23. The number of methoxy groups -OCH3 is 1. The van der Waals surface area contributed by atoms with Gasteiger partial charge in [0.1, 0.15) is 16.5 Å². The summed E-state index contributed by atoms with van der Waals surface area (Å²) in [5.74, 6) is -1.67. The molecule has 0 heterocycles. The number of benzene rings is 2. The van der Waals surface area contributed by atoms with Crippen LogP contribution >= 0.6 is 0 Å². The number of anilines is 1. The first-order valence-electron chi connectivity index (χ1n) is 8.40. The van der Waals surface area contributed by atoms with Crippen LogP contribution in [0, 0.1) is 12.7 Å². The van der Waals surface area contributed by atoms with E-state index in [0.29, 0.717) is 17.0 Å². The Labute approximate surface area is 168 Å². The van der Waals surface area contributed by atoms with Crippen LogP contribution in [0.5, 0.6) is 5.75 Å². The monoisotopic (exact) mass is 424 g/mol. The molecular formula is C19H21FN2O6S. The van der Waals surface area contributed by atoms with Crippen LogP contribution in [0.15, 0.2) is 41.3 Å². The second kappa shape index (κ2) is 9.01. The number of sulfonamides is 1. The number of carbonyl (C=O) groups excluding carboxylic acids is 2. The molecule has 0 atom stereocenters. The lowest BCUT2D eigenvalue weighted by molar-refractivity contribution is -0.142. The third-order valence-electron chi connectivity index (χ3n) is 3.98. The Morgan fingerprint density at radius 3 is 2.41 bits per heavy atom. The van der Waals surface area contributed by atoms with Crippen LogP contribution in [0.25, 0.3) is 0 Å². The van der Waals surface area contributed by atoms with Crippen LogP contribution in [0.2, 0.25) is 0 Å². The Bertz CT molecular complexity index is 1040. The maximum absolute atomic E-state index is 14.0. The zero-order chi connectivity index (χ0) is 21.8. The van der Waals surface area contributed by atoms with Crippen LogP contribution in [-0.2, 0) is 19.6 Å². The van der Waals surface area contributed by atoms with Gasteiger partial charge in [-0.05, 0) is 48.9 Å². The fourth-order valence-electron chi connectivity index (χ4n) is 2.30. The fraction of sp³-hybridized carbons (Fsp3) is 0.263. The second-order valence-electron chi connectivity index (χ2n) is 6.23. The second-order valence-corrected chi connectivity index (χ2v) is 8.35. The average molecular weight is 424 g/mol. The summed E-state index contributed by atoms with van der Waals surface area (Å²) in [5, 5.41) is 2.64. The van der Waals surface area contributed by atoms with Crippen LogP contribution in [0.1, 0.15) is 15.9 Å². The highest BCUT2D eigenvalue weighted by Crippen LogP contribution is 2.23. The maximum Gasteiger partial charge on any atom is 0.343 e. The summed E-state index contributed by atoms with van der Waals surface area (Å²) in [5.41, 5.74) is 1.07. The van der Waals surface area contributed by atoms with E-state index in [1.54, 1.807) is 25.1 Å². The van der Waals surface area contributed by atoms with Crippen molar-refractivity contribution in [3.63, 3.8) is 0 Å². The molecule has 1 N–H and O–H groups in total. The van der Waals surface area contributed by atoms with Gasteiger partial charge in [0.25, 0.3) is 5.91 Å². The smallest absolute Gasteiger partial charge is 0.343 e. The Hall–Kier alpha value is -2.98. The van der Waals surface area contributed by atoms with E-state index in [4.69, 9.17) is 4.74 Å². The van der Waals surface area contributed by atoms with Crippen molar-refractivity contribution < 1.29 is 31.9 Å². The van der Waals surface area contributed by atoms with E-state index in [1.165, 1.54) is 27.3 Å². The van der Waals surface area contributed by atoms with Gasteiger partial charge in [-0.15, -0.1) is 0 Å². The molecule has 0 aliphatic heterocycles. The summed E-state index contributed by atoms with van der Waals surface area (Å²) >= 11 is 0. The van der Waals surface area contributed by atoms with Crippen molar-refractivity contribution in [2.24, 2.45) is 0 Å². The molecule has 0 fully saturated rings. The molecular weight excluding hydrogens is 403 g/mol. The van der Waals surface area contributed by atoms with Gasteiger partial charge in [-0.3, -0.25) is 4.79 Å². The van der Waals surface area contributed by atoms with Gasteiger partial charge in [0.05, 0.1) is 7.11 Å². The minimum atomic E-state index is -4.04. The number of esters is 1. The third kappa shape index (κ3) is 5.30. The van der Waals surface area contributed by atoms with Crippen molar-refractivity contribution in [3.8, 4) is 5.75 Å². The van der Waals surface area contributed by atoms with Crippen LogP contribution in [0.4, 0.5) is 10.1 Å². The zero-order valence-electron chi connectivity index (χ0n) is 16.4. The number of nitrogens with one attached hydrogen (secondary N) is 1. The van der Waals surface area contributed by atoms with Gasteiger partial charge in [-0.25, -0.2) is 21.9 Å². The van der Waals surface area contributed by atoms with Gasteiger partial charge < -0.3 is 14.8 Å². The summed E-state index contributed by atoms with van der Waals surface area (Å²) in [6.07, 6.45) is 0. The van der Waals surface area contributed by atoms with E-state index < -0.39 is 32.6 Å². The first kappa shape index (κ1) is 22.3. The summed E-state index contributed by atoms with van der Waals surface area (Å²) in [7, 11) is -0.247. The molecule has 0 bridgehead atoms. The molecule has 10 heteroatoms. The molecule has 0 aliphatic carbocycles. The molecule has 0 radical (unpaired) electrons. The van der Waals surface area contributed by atoms with Crippen LogP contribution < -0.4 is 10.1 Å². The number of ether oxygens (including phenoxy) is 2. The highest BCUT2D eigenvalue weighted by molar-refractivity contribution is 7.89. The van der Waals surface area contributed by atoms with Gasteiger partial charge in [-0.2, -0.15) is 0 Å². The van der Waals surface area contributed by atoms with E-state index >= 15 is 0 Å². The number of hydrogen-bond donors (Lipinski definition) is 1. The van der Waals surface area contributed by atoms with Crippen LogP contribution in [-0.4, -0.2) is 52.4 Å². The summed E-state index contributed by atoms with van der Waals surface area (Å²) in [6.45, 7) is 1.47. The van der Waals surface area contributed by atoms with Gasteiger partial charge in [0.2, 0.25) is 10.0 Å². The number of nitrogens with zero attached hydrogens (tertiary/aromatic N) is 1. The molecule has 2 aromatic rings. The predicted octanol–water partition coefficient (Wildman–Crippen LogP) is 2.19. The fourth-order valence-corrected chi connectivity index (χ4v) is 3.28. The summed E-state index contributed by atoms with van der Waals surface area (Å²) in [6, 6.07) is 7.86. The molecule has 29 heavy (non-hydrogen) atoms. The number of amides is 1. The predicted molar refractivity (Wildman–Crippen MR) is 104 cm³/mol. The van der Waals surface area contributed by atoms with Crippen molar-refractivity contribution in [3.05, 3.63) is 53.3 Å². The molecule has 0 unspecified atom stereocenters. The number of rotatable bonds is 7. The summed E-state index contributed by atoms with van der Waals surface area (Å²) in [4.78, 5) is 23.1. The molecule has 2 rings (SSSR count). The van der Waals surface area contributed by atoms with E-state index in [1.807, 2.05) is 0 Å². The van der Waals surface area contributed by atoms with E-state index in [2.05, 4.69) is 10.1 Å². The van der Waals surface area contributed by atoms with Crippen molar-refractivity contribution in [1.29, 1.82) is 0 Å². The van der Waals surface area contributed by atoms with E-state index in [-0.39, 0.29) is 12.2 Å². The standard InChI is InChI=1S/C19H21FN2O6S/c1-12-9-14(28-11-18(23)27-4)6-8-16(12)21-19(24)13-5-7-15(20)17(10-13)29(25,26)22(2)3/h5-10H,11H2,1-4H3,(H,21,24). The Balaban J connectivity index is 2.21. The van der Waals surface area contributed by atoms with Gasteiger partial charge in [-0.1, -0.05) is 0 Å². The van der Waals surface area contributed by atoms with Crippen molar-refractivity contribution in [1.82, 2.24) is 4.31 Å². The van der Waals surface area contributed by atoms with Gasteiger partial charge >= 0.3 is 5.97 Å². The quantitative estimate of drug-likeness (QED) is 0.684. The normalized spacial score (nSPS) is 11.2. The molecule has 2 aromatic carbocycles. The molecule has 0 aromatic heterocycles. The molecule has 1 amide bonds. The number of aryl methyl sites for hydroxylation is 1. The maximum atomic E-state index is 14.0. The molecule has 0 spiro atoms. The van der Waals surface area contributed by atoms with Crippen molar-refractivity contribution >= 4 is 27.6 Å². The van der Waals surface area contributed by atoms with Crippen molar-refractivity contribution in [2.45, 2.75) is 11.8 Å². The highest BCUT2D eigenvalue weighted by atomic mass is 32.2. The molecule has 0 saturated carbocycles. The van der Waals surface area contributed by atoms with E-state index in [9.17, 15) is 22.4 Å². The molecule has 0 aliphatic rings. The van der Waals surface area contributed by atoms with Crippen LogP contribution in [0.3, 0.4) is 0 Å². The SMILES string of the molecule is COC(=O)COc1ccc(NC(=O)c2ccc(F)c(S(=O)(=O)N(C)C)c2)c(C)c1. The molecule has 156 valence electrons. The minimum Gasteiger partial charge on any atom is -0.482 e. The average Bonchev–Trinajstić information content (AvgIpc) is 2.67. The third-order valence-corrected chi connectivity index (χ3v) is 5.81. The summed E-state index contributed by atoms with van der Waals surface area (Å²) < 4.78 is 49.1. The number of hydrogen-bond acceptors (Lipinski definition) is 6. The number of halogens is 1. The Morgan fingerprint density at radius 1 is 1.14 bits per heavy atom. The minimum absolute atomic E-state index is 0.0164. The largest absolute Gasteiger partial charge is 0.482 e. The molecule has 8 nitrogen and oxygen atoms in total.